The minimum Gasteiger partial charge on any atom is -0.497 e. The predicted octanol–water partition coefficient (Wildman–Crippen LogP) is 2.78. The number of para-hydroxylation sites is 1. The summed E-state index contributed by atoms with van der Waals surface area (Å²) in [6, 6.07) is 10.5. The highest BCUT2D eigenvalue weighted by Gasteiger charge is 2.17. The van der Waals surface area contributed by atoms with E-state index in [9.17, 15) is 17.6 Å². The van der Waals surface area contributed by atoms with Crippen LogP contribution in [0.25, 0.3) is 10.2 Å². The molecule has 9 heteroatoms. The molecule has 0 N–H and O–H groups in total. The molecule has 0 aliphatic heterocycles. The number of carbonyl (C=O) groups is 1. The highest BCUT2D eigenvalue weighted by Crippen LogP contribution is 2.20. The molecule has 0 unspecified atom stereocenters. The van der Waals surface area contributed by atoms with E-state index in [-0.39, 0.29) is 28.2 Å². The van der Waals surface area contributed by atoms with Gasteiger partial charge in [-0.05, 0) is 36.4 Å². The van der Waals surface area contributed by atoms with Crippen molar-refractivity contribution in [3.8, 4) is 18.1 Å². The summed E-state index contributed by atoms with van der Waals surface area (Å²) in [4.78, 5) is 16.6. The fourth-order valence-electron chi connectivity index (χ4n) is 2.70. The molecule has 3 aromatic rings. The SMILES string of the molecule is C#CCn1c(=NC(=O)CCS(=O)(=O)c2ccc(OC)cc2)sc2cccc(F)c21. The van der Waals surface area contributed by atoms with Gasteiger partial charge in [-0.15, -0.1) is 6.42 Å². The summed E-state index contributed by atoms with van der Waals surface area (Å²) in [5, 5.41) is 0. The lowest BCUT2D eigenvalue weighted by molar-refractivity contribution is -0.117. The third kappa shape index (κ3) is 4.55. The number of carbonyl (C=O) groups excluding carboxylic acids is 1. The molecule has 0 aliphatic carbocycles. The van der Waals surface area contributed by atoms with Crippen LogP contribution in [-0.2, 0) is 21.2 Å². The molecule has 0 saturated heterocycles. The normalized spacial score (nSPS) is 12.1. The molecule has 29 heavy (non-hydrogen) atoms. The number of hydrogen-bond donors (Lipinski definition) is 0. The highest BCUT2D eigenvalue weighted by molar-refractivity contribution is 7.91. The van der Waals surface area contributed by atoms with E-state index in [0.29, 0.717) is 10.4 Å². The molecule has 0 spiro atoms. The molecule has 1 amide bonds. The zero-order valence-electron chi connectivity index (χ0n) is 15.5. The Kier molecular flexibility index (Phi) is 6.15. The lowest BCUT2D eigenvalue weighted by Gasteiger charge is -2.04. The molecular weight excluding hydrogens is 415 g/mol. The van der Waals surface area contributed by atoms with Crippen molar-refractivity contribution >= 4 is 37.3 Å². The van der Waals surface area contributed by atoms with Crippen molar-refractivity contribution < 1.29 is 22.3 Å². The number of fused-ring (bicyclic) bond motifs is 1. The van der Waals surface area contributed by atoms with Gasteiger partial charge in [0, 0.05) is 6.42 Å². The first-order chi connectivity index (χ1) is 13.9. The predicted molar refractivity (Wildman–Crippen MR) is 109 cm³/mol. The lowest BCUT2D eigenvalue weighted by Crippen LogP contribution is -2.18. The minimum absolute atomic E-state index is 0.0389. The number of aromatic nitrogens is 1. The zero-order chi connectivity index (χ0) is 21.0. The van der Waals surface area contributed by atoms with Crippen LogP contribution in [0.4, 0.5) is 4.39 Å². The van der Waals surface area contributed by atoms with Gasteiger partial charge in [0.15, 0.2) is 14.6 Å². The number of hydrogen-bond acceptors (Lipinski definition) is 5. The molecule has 1 heterocycles. The molecule has 0 atom stereocenters. The standard InChI is InChI=1S/C20H17FN2O4S2/c1-3-12-23-19-16(21)5-4-6-17(19)28-20(23)22-18(24)11-13-29(25,26)15-9-7-14(27-2)8-10-15/h1,4-10H,11-13H2,2H3. The molecular formula is C20H17FN2O4S2. The van der Waals surface area contributed by atoms with Crippen molar-refractivity contribution in [2.24, 2.45) is 4.99 Å². The quantitative estimate of drug-likeness (QED) is 0.561. The van der Waals surface area contributed by atoms with Crippen LogP contribution in [0, 0.1) is 18.2 Å². The number of sulfone groups is 1. The average Bonchev–Trinajstić information content (AvgIpc) is 3.05. The Morgan fingerprint density at radius 1 is 1.28 bits per heavy atom. The Morgan fingerprint density at radius 3 is 2.66 bits per heavy atom. The molecule has 6 nitrogen and oxygen atoms in total. The molecule has 0 fully saturated rings. The summed E-state index contributed by atoms with van der Waals surface area (Å²) in [6.45, 7) is 0.0389. The highest BCUT2D eigenvalue weighted by atomic mass is 32.2. The van der Waals surface area contributed by atoms with E-state index < -0.39 is 27.3 Å². The third-order valence-electron chi connectivity index (χ3n) is 4.12. The van der Waals surface area contributed by atoms with Crippen molar-refractivity contribution in [1.29, 1.82) is 0 Å². The fraction of sp³-hybridized carbons (Fsp3) is 0.200. The van der Waals surface area contributed by atoms with E-state index in [4.69, 9.17) is 11.2 Å². The lowest BCUT2D eigenvalue weighted by atomic mass is 10.3. The van der Waals surface area contributed by atoms with Crippen molar-refractivity contribution in [2.75, 3.05) is 12.9 Å². The van der Waals surface area contributed by atoms with Crippen molar-refractivity contribution in [2.45, 2.75) is 17.9 Å². The molecule has 3 rings (SSSR count). The second kappa shape index (κ2) is 8.59. The van der Waals surface area contributed by atoms with Gasteiger partial charge >= 0.3 is 0 Å². The summed E-state index contributed by atoms with van der Waals surface area (Å²) in [7, 11) is -2.17. The Bertz CT molecular complexity index is 1270. The first-order valence-electron chi connectivity index (χ1n) is 8.51. The van der Waals surface area contributed by atoms with Gasteiger partial charge < -0.3 is 9.30 Å². The van der Waals surface area contributed by atoms with Gasteiger partial charge in [-0.3, -0.25) is 4.79 Å². The molecule has 0 radical (unpaired) electrons. The van der Waals surface area contributed by atoms with Gasteiger partial charge in [0.05, 0.1) is 34.5 Å². The van der Waals surface area contributed by atoms with Crippen LogP contribution in [-0.4, -0.2) is 31.8 Å². The Labute approximate surface area is 171 Å². The minimum atomic E-state index is -3.66. The number of methoxy groups -OCH3 is 1. The first kappa shape index (κ1) is 20.8. The second-order valence-electron chi connectivity index (χ2n) is 6.01. The number of nitrogens with zero attached hydrogens (tertiary/aromatic N) is 2. The topological polar surface area (TPSA) is 77.7 Å². The Balaban J connectivity index is 1.84. The zero-order valence-corrected chi connectivity index (χ0v) is 17.1. The smallest absolute Gasteiger partial charge is 0.249 e. The molecule has 150 valence electrons. The van der Waals surface area contributed by atoms with Crippen LogP contribution in [0.3, 0.4) is 0 Å². The number of thiazole rings is 1. The second-order valence-corrected chi connectivity index (χ2v) is 9.13. The van der Waals surface area contributed by atoms with Gasteiger partial charge in [-0.25, -0.2) is 12.8 Å². The van der Waals surface area contributed by atoms with Gasteiger partial charge in [-0.2, -0.15) is 4.99 Å². The molecule has 1 aromatic heterocycles. The molecule has 2 aromatic carbocycles. The van der Waals surface area contributed by atoms with E-state index in [1.807, 2.05) is 0 Å². The maximum Gasteiger partial charge on any atom is 0.249 e. The number of benzene rings is 2. The fourth-order valence-corrected chi connectivity index (χ4v) is 4.99. The maximum atomic E-state index is 14.2. The number of rotatable bonds is 6. The summed E-state index contributed by atoms with van der Waals surface area (Å²) >= 11 is 1.12. The first-order valence-corrected chi connectivity index (χ1v) is 11.0. The summed E-state index contributed by atoms with van der Waals surface area (Å²) in [6.07, 6.45) is 5.05. The summed E-state index contributed by atoms with van der Waals surface area (Å²) in [5.74, 6) is 1.46. The largest absolute Gasteiger partial charge is 0.497 e. The monoisotopic (exact) mass is 432 g/mol. The molecule has 0 bridgehead atoms. The van der Waals surface area contributed by atoms with Gasteiger partial charge in [0.1, 0.15) is 11.6 Å². The van der Waals surface area contributed by atoms with Gasteiger partial charge in [-0.1, -0.05) is 23.3 Å². The maximum absolute atomic E-state index is 14.2. The van der Waals surface area contributed by atoms with E-state index >= 15 is 0 Å². The van der Waals surface area contributed by atoms with Crippen molar-refractivity contribution in [1.82, 2.24) is 4.57 Å². The average molecular weight is 432 g/mol. The third-order valence-corrected chi connectivity index (χ3v) is 6.90. The van der Waals surface area contributed by atoms with Crippen LogP contribution < -0.4 is 9.54 Å². The van der Waals surface area contributed by atoms with E-state index in [2.05, 4.69) is 10.9 Å². The van der Waals surface area contributed by atoms with E-state index in [0.717, 1.165) is 11.3 Å². The van der Waals surface area contributed by atoms with E-state index in [1.165, 1.54) is 42.0 Å². The van der Waals surface area contributed by atoms with Gasteiger partial charge in [0.2, 0.25) is 5.91 Å². The Morgan fingerprint density at radius 2 is 2.00 bits per heavy atom. The number of terminal acetylenes is 1. The van der Waals surface area contributed by atoms with Crippen LogP contribution in [0.15, 0.2) is 52.4 Å². The summed E-state index contributed by atoms with van der Waals surface area (Å²) < 4.78 is 46.1. The summed E-state index contributed by atoms with van der Waals surface area (Å²) in [5.41, 5.74) is 0.271. The van der Waals surface area contributed by atoms with Crippen LogP contribution >= 0.6 is 11.3 Å². The van der Waals surface area contributed by atoms with Crippen LogP contribution in [0.1, 0.15) is 6.42 Å². The van der Waals surface area contributed by atoms with E-state index in [1.54, 1.807) is 12.1 Å². The number of amides is 1. The van der Waals surface area contributed by atoms with Crippen molar-refractivity contribution in [3.63, 3.8) is 0 Å². The molecule has 0 aliphatic rings. The number of halogens is 1. The number of ether oxygens (including phenoxy) is 1. The van der Waals surface area contributed by atoms with Crippen LogP contribution in [0.2, 0.25) is 0 Å². The van der Waals surface area contributed by atoms with Crippen LogP contribution in [0.5, 0.6) is 5.75 Å². The molecule has 0 saturated carbocycles. The van der Waals surface area contributed by atoms with Crippen molar-refractivity contribution in [3.05, 3.63) is 53.1 Å². The van der Waals surface area contributed by atoms with Gasteiger partial charge in [0.25, 0.3) is 0 Å². The Hall–Kier alpha value is -2.96.